The Labute approximate surface area is 212 Å². The Morgan fingerprint density at radius 2 is 1.47 bits per heavy atom. The van der Waals surface area contributed by atoms with Crippen LogP contribution >= 0.6 is 0 Å². The number of halogens is 4. The molecule has 0 saturated heterocycles. The molecular weight excluding hydrogens is 460 g/mol. The molecule has 1 saturated carbocycles. The summed E-state index contributed by atoms with van der Waals surface area (Å²) >= 11 is 0. The van der Waals surface area contributed by atoms with Crippen molar-refractivity contribution in [3.63, 3.8) is 0 Å². The van der Waals surface area contributed by atoms with Crippen molar-refractivity contribution in [1.82, 2.24) is 0 Å². The van der Waals surface area contributed by atoms with Crippen LogP contribution < -0.4 is 0 Å². The molecule has 0 aliphatic heterocycles. The van der Waals surface area contributed by atoms with Crippen LogP contribution in [0.1, 0.15) is 80.5 Å². The molecule has 0 atom stereocenters. The fraction of sp³-hybridized carbons (Fsp3) is 0.375. The third-order valence-corrected chi connectivity index (χ3v) is 7.54. The Kier molecular flexibility index (Phi) is 8.66. The Morgan fingerprint density at radius 1 is 0.750 bits per heavy atom. The van der Waals surface area contributed by atoms with E-state index in [-0.39, 0.29) is 23.0 Å². The summed E-state index contributed by atoms with van der Waals surface area (Å²) in [6.07, 6.45) is 9.81. The van der Waals surface area contributed by atoms with Gasteiger partial charge >= 0.3 is 0 Å². The first-order chi connectivity index (χ1) is 17.4. The predicted molar refractivity (Wildman–Crippen MR) is 140 cm³/mol. The van der Waals surface area contributed by atoms with Crippen molar-refractivity contribution in [2.45, 2.75) is 71.1 Å². The summed E-state index contributed by atoms with van der Waals surface area (Å²) in [5, 5.41) is 0. The molecule has 0 spiro atoms. The first-order valence-corrected chi connectivity index (χ1v) is 13.1. The monoisotopic (exact) mass is 494 g/mol. The van der Waals surface area contributed by atoms with Gasteiger partial charge in [0.05, 0.1) is 0 Å². The average molecular weight is 495 g/mol. The summed E-state index contributed by atoms with van der Waals surface area (Å²) in [5.74, 6) is -2.95. The van der Waals surface area contributed by atoms with E-state index in [0.29, 0.717) is 23.1 Å². The van der Waals surface area contributed by atoms with Gasteiger partial charge in [-0.2, -0.15) is 0 Å². The van der Waals surface area contributed by atoms with Crippen molar-refractivity contribution < 1.29 is 17.6 Å². The molecule has 0 nitrogen and oxygen atoms in total. The molecule has 0 amide bonds. The highest BCUT2D eigenvalue weighted by molar-refractivity contribution is 5.65. The number of hydrogen-bond acceptors (Lipinski definition) is 0. The highest BCUT2D eigenvalue weighted by Crippen LogP contribution is 2.39. The number of aryl methyl sites for hydroxylation is 2. The highest BCUT2D eigenvalue weighted by Gasteiger charge is 2.26. The smallest absolute Gasteiger partial charge is 0.166 e. The lowest BCUT2D eigenvalue weighted by Crippen LogP contribution is -2.13. The Hall–Kier alpha value is -2.88. The van der Waals surface area contributed by atoms with Crippen LogP contribution in [0.2, 0.25) is 0 Å². The van der Waals surface area contributed by atoms with E-state index in [0.717, 1.165) is 50.5 Å². The molecule has 3 aromatic rings. The normalized spacial score (nSPS) is 18.2. The second-order valence-electron chi connectivity index (χ2n) is 9.90. The van der Waals surface area contributed by atoms with Crippen molar-refractivity contribution in [2.75, 3.05) is 0 Å². The van der Waals surface area contributed by atoms with Crippen LogP contribution in [0, 0.1) is 29.2 Å². The molecule has 4 rings (SSSR count). The molecule has 0 heterocycles. The number of benzene rings is 3. The molecule has 0 unspecified atom stereocenters. The molecule has 4 heteroatoms. The summed E-state index contributed by atoms with van der Waals surface area (Å²) in [4.78, 5) is 0. The minimum absolute atomic E-state index is 0.0484. The van der Waals surface area contributed by atoms with Crippen LogP contribution in [0.25, 0.3) is 17.2 Å². The van der Waals surface area contributed by atoms with Crippen LogP contribution in [-0.4, -0.2) is 0 Å². The van der Waals surface area contributed by atoms with E-state index in [1.165, 1.54) is 0 Å². The maximum Gasteiger partial charge on any atom is 0.166 e. The summed E-state index contributed by atoms with van der Waals surface area (Å²) < 4.78 is 58.9. The molecule has 3 aromatic carbocycles. The molecule has 190 valence electrons. The minimum Gasteiger partial charge on any atom is -0.203 e. The van der Waals surface area contributed by atoms with E-state index in [2.05, 4.69) is 6.92 Å². The zero-order valence-corrected chi connectivity index (χ0v) is 21.1. The fourth-order valence-electron chi connectivity index (χ4n) is 5.18. The largest absolute Gasteiger partial charge is 0.203 e. The molecule has 0 radical (unpaired) electrons. The van der Waals surface area contributed by atoms with E-state index in [9.17, 15) is 13.2 Å². The summed E-state index contributed by atoms with van der Waals surface area (Å²) in [6, 6.07) is 14.3. The van der Waals surface area contributed by atoms with Gasteiger partial charge in [-0.05, 0) is 79.0 Å². The predicted octanol–water partition coefficient (Wildman–Crippen LogP) is 9.80. The van der Waals surface area contributed by atoms with E-state index < -0.39 is 23.3 Å². The topological polar surface area (TPSA) is 0 Å². The third kappa shape index (κ3) is 5.74. The Bertz CT molecular complexity index is 1200. The van der Waals surface area contributed by atoms with Gasteiger partial charge in [0.2, 0.25) is 0 Å². The zero-order valence-electron chi connectivity index (χ0n) is 21.1. The number of rotatable bonds is 8. The summed E-state index contributed by atoms with van der Waals surface area (Å²) in [6.45, 7) is 4.07. The maximum absolute atomic E-state index is 15.1. The van der Waals surface area contributed by atoms with Gasteiger partial charge in [0.15, 0.2) is 23.3 Å². The van der Waals surface area contributed by atoms with Crippen LogP contribution in [0.3, 0.4) is 0 Å². The molecule has 0 N–H and O–H groups in total. The quantitative estimate of drug-likeness (QED) is 0.273. The van der Waals surface area contributed by atoms with Crippen molar-refractivity contribution in [3.05, 3.63) is 100 Å². The Morgan fingerprint density at radius 3 is 2.14 bits per heavy atom. The second kappa shape index (κ2) is 11.9. The zero-order chi connectivity index (χ0) is 25.7. The SMILES string of the molecule is CCCCc1ccc(/C=C/C2CCC(c3ccc(-c4ccc(CC)cc4)c(F)c3F)CC2)c(F)c1F. The van der Waals surface area contributed by atoms with Crippen molar-refractivity contribution in [1.29, 1.82) is 0 Å². The first-order valence-electron chi connectivity index (χ1n) is 13.1. The first kappa shape index (κ1) is 26.2. The molecule has 1 aliphatic carbocycles. The van der Waals surface area contributed by atoms with Gasteiger partial charge in [-0.15, -0.1) is 0 Å². The van der Waals surface area contributed by atoms with Crippen LogP contribution in [0.15, 0.2) is 54.6 Å². The number of unbranched alkanes of at least 4 members (excludes halogenated alkanes) is 1. The number of allylic oxidation sites excluding steroid dienone is 1. The molecule has 1 aliphatic rings. The van der Waals surface area contributed by atoms with E-state index >= 15 is 4.39 Å². The van der Waals surface area contributed by atoms with Gasteiger partial charge in [0, 0.05) is 11.1 Å². The van der Waals surface area contributed by atoms with Gasteiger partial charge in [-0.1, -0.05) is 81.0 Å². The molecule has 0 bridgehead atoms. The fourth-order valence-corrected chi connectivity index (χ4v) is 5.18. The van der Waals surface area contributed by atoms with Crippen molar-refractivity contribution in [3.8, 4) is 11.1 Å². The number of hydrogen-bond donors (Lipinski definition) is 0. The molecular formula is C32H34F4. The lowest BCUT2D eigenvalue weighted by atomic mass is 9.78. The lowest BCUT2D eigenvalue weighted by Gasteiger charge is -2.27. The Balaban J connectivity index is 1.41. The molecule has 1 fully saturated rings. The van der Waals surface area contributed by atoms with Crippen molar-refractivity contribution in [2.24, 2.45) is 5.92 Å². The maximum atomic E-state index is 15.1. The highest BCUT2D eigenvalue weighted by atomic mass is 19.2. The minimum atomic E-state index is -0.796. The van der Waals surface area contributed by atoms with Gasteiger partial charge in [0.25, 0.3) is 0 Å². The third-order valence-electron chi connectivity index (χ3n) is 7.54. The van der Waals surface area contributed by atoms with Gasteiger partial charge in [-0.3, -0.25) is 0 Å². The van der Waals surface area contributed by atoms with E-state index in [4.69, 9.17) is 0 Å². The lowest BCUT2D eigenvalue weighted by molar-refractivity contribution is 0.365. The second-order valence-corrected chi connectivity index (χ2v) is 9.90. The van der Waals surface area contributed by atoms with E-state index in [1.54, 1.807) is 30.3 Å². The van der Waals surface area contributed by atoms with E-state index in [1.807, 2.05) is 37.3 Å². The average Bonchev–Trinajstić information content (AvgIpc) is 2.91. The van der Waals surface area contributed by atoms with Crippen LogP contribution in [0.5, 0.6) is 0 Å². The molecule has 0 aromatic heterocycles. The van der Waals surface area contributed by atoms with Gasteiger partial charge < -0.3 is 0 Å². The van der Waals surface area contributed by atoms with Crippen LogP contribution in [-0.2, 0) is 12.8 Å². The van der Waals surface area contributed by atoms with Gasteiger partial charge in [0.1, 0.15) is 0 Å². The standard InChI is InChI=1S/C32H34F4/c1-3-5-6-25-17-18-26(30(34)29(25)33)16-11-22-9-14-24(15-10-22)28-20-19-27(31(35)32(28)36)23-12-7-21(4-2)8-13-23/h7-8,11-13,16-20,22,24H,3-6,9-10,14-15H2,1-2H3/b16-11+. The van der Waals surface area contributed by atoms with Crippen LogP contribution in [0.4, 0.5) is 17.6 Å². The molecule has 36 heavy (non-hydrogen) atoms. The van der Waals surface area contributed by atoms with Crippen molar-refractivity contribution >= 4 is 6.08 Å². The summed E-state index contributed by atoms with van der Waals surface area (Å²) in [7, 11) is 0. The van der Waals surface area contributed by atoms with Gasteiger partial charge in [-0.25, -0.2) is 17.6 Å². The summed E-state index contributed by atoms with van der Waals surface area (Å²) in [5.41, 5.74) is 3.21.